The predicted molar refractivity (Wildman–Crippen MR) is 81.2 cm³/mol. The van der Waals surface area contributed by atoms with E-state index in [1.54, 1.807) is 0 Å². The van der Waals surface area contributed by atoms with Crippen LogP contribution in [-0.2, 0) is 23.7 Å². The fraction of sp³-hybridized carbons (Fsp3) is 0.250. The van der Waals surface area contributed by atoms with Gasteiger partial charge < -0.3 is 0 Å². The molecule has 0 nitrogen and oxygen atoms in total. The fourth-order valence-electron chi connectivity index (χ4n) is 2.57. The Morgan fingerprint density at radius 1 is 0.520 bits per heavy atom. The van der Waals surface area contributed by atoms with Crippen LogP contribution in [0.2, 0.25) is 0 Å². The number of hydrogen-bond acceptors (Lipinski definition) is 0. The van der Waals surface area contributed by atoms with E-state index in [9.17, 15) is 35.1 Å². The van der Waals surface area contributed by atoms with Crippen molar-refractivity contribution in [1.29, 1.82) is 0 Å². The van der Waals surface area contributed by atoms with Crippen molar-refractivity contribution in [1.82, 2.24) is 0 Å². The quantitative estimate of drug-likeness (QED) is 0.305. The third-order valence-electron chi connectivity index (χ3n) is 4.07. The van der Waals surface area contributed by atoms with Crippen molar-refractivity contribution < 1.29 is 35.1 Å². The number of halogens is 9. The van der Waals surface area contributed by atoms with E-state index in [1.165, 1.54) is 0 Å². The average molecular weight is 478 g/mol. The molecule has 6 rings (SSSR count). The van der Waals surface area contributed by atoms with Crippen LogP contribution in [-0.4, -0.2) is 0 Å². The SMILES string of the molecule is FC1(F)c2ccc(cc2)C(F)(F)C(F)(F)c2ccc(cc2I)C1(F)F. The highest BCUT2D eigenvalue weighted by atomic mass is 127. The highest BCUT2D eigenvalue weighted by molar-refractivity contribution is 14.1. The van der Waals surface area contributed by atoms with Crippen molar-refractivity contribution in [2.24, 2.45) is 0 Å². The van der Waals surface area contributed by atoms with Crippen molar-refractivity contribution in [2.45, 2.75) is 23.7 Å². The Morgan fingerprint density at radius 3 is 1.32 bits per heavy atom. The molecule has 0 fully saturated rings. The number of benzene rings is 2. The van der Waals surface area contributed by atoms with E-state index in [0.717, 1.165) is 22.6 Å². The van der Waals surface area contributed by atoms with Gasteiger partial charge in [0, 0.05) is 25.8 Å². The average Bonchev–Trinajstić information content (AvgIpc) is 2.53. The van der Waals surface area contributed by atoms with Gasteiger partial charge in [-0.05, 0) is 28.7 Å². The van der Waals surface area contributed by atoms with E-state index in [4.69, 9.17) is 0 Å². The topological polar surface area (TPSA) is 0 Å². The molecule has 4 bridgehead atoms. The zero-order valence-corrected chi connectivity index (χ0v) is 14.1. The maximum atomic E-state index is 14.4. The molecule has 0 aliphatic heterocycles. The maximum absolute atomic E-state index is 14.4. The van der Waals surface area contributed by atoms with Crippen LogP contribution >= 0.6 is 22.6 Å². The molecule has 2 aromatic carbocycles. The van der Waals surface area contributed by atoms with Gasteiger partial charge in [0.25, 0.3) is 0 Å². The molecule has 0 amide bonds. The molecule has 4 aliphatic rings. The number of rotatable bonds is 0. The zero-order chi connectivity index (χ0) is 18.8. The normalized spacial score (nSPS) is 22.3. The maximum Gasteiger partial charge on any atom is 0.340 e. The Kier molecular flexibility index (Phi) is 3.91. The molecule has 0 N–H and O–H groups in total. The van der Waals surface area contributed by atoms with Crippen LogP contribution in [0.15, 0.2) is 42.5 Å². The summed E-state index contributed by atoms with van der Waals surface area (Å²) in [5, 5.41) is 0. The van der Waals surface area contributed by atoms with Crippen molar-refractivity contribution in [3.05, 3.63) is 68.3 Å². The van der Waals surface area contributed by atoms with Crippen LogP contribution in [0.5, 0.6) is 0 Å². The summed E-state index contributed by atoms with van der Waals surface area (Å²) in [5.74, 6) is -18.9. The van der Waals surface area contributed by atoms with Gasteiger partial charge in [-0.1, -0.05) is 36.4 Å². The molecule has 0 saturated heterocycles. The molecule has 0 heterocycles. The summed E-state index contributed by atoms with van der Waals surface area (Å²) in [6.45, 7) is 0. The van der Waals surface area contributed by atoms with Crippen molar-refractivity contribution >= 4 is 22.6 Å². The zero-order valence-electron chi connectivity index (χ0n) is 11.9. The minimum Gasteiger partial charge on any atom is -0.194 e. The van der Waals surface area contributed by atoms with Gasteiger partial charge in [0.1, 0.15) is 0 Å². The minimum absolute atomic E-state index is 0.312. The lowest BCUT2D eigenvalue weighted by Crippen LogP contribution is -2.39. The van der Waals surface area contributed by atoms with Gasteiger partial charge in [-0.15, -0.1) is 0 Å². The lowest BCUT2D eigenvalue weighted by molar-refractivity contribution is -0.227. The first-order valence-corrected chi connectivity index (χ1v) is 7.84. The highest BCUT2D eigenvalue weighted by Gasteiger charge is 2.62. The first-order chi connectivity index (χ1) is 11.3. The second kappa shape index (κ2) is 5.31. The van der Waals surface area contributed by atoms with Gasteiger partial charge in [0.05, 0.1) is 0 Å². The van der Waals surface area contributed by atoms with Gasteiger partial charge in [0.2, 0.25) is 0 Å². The van der Waals surface area contributed by atoms with Gasteiger partial charge in [-0.3, -0.25) is 0 Å². The van der Waals surface area contributed by atoms with E-state index < -0.39 is 49.5 Å². The molecule has 2 aromatic rings. The van der Waals surface area contributed by atoms with Gasteiger partial charge in [-0.25, -0.2) is 0 Å². The molecule has 0 spiro atoms. The van der Waals surface area contributed by atoms with Crippen LogP contribution in [0.3, 0.4) is 0 Å². The molecule has 9 heteroatoms. The first-order valence-electron chi connectivity index (χ1n) is 6.76. The minimum atomic E-state index is -4.72. The molecule has 0 atom stereocenters. The molecule has 0 radical (unpaired) electrons. The first kappa shape index (κ1) is 18.4. The van der Waals surface area contributed by atoms with Crippen LogP contribution < -0.4 is 0 Å². The Morgan fingerprint density at radius 2 is 0.880 bits per heavy atom. The Hall–Kier alpha value is -1.39. The van der Waals surface area contributed by atoms with Crippen LogP contribution in [0, 0.1) is 3.57 Å². The van der Waals surface area contributed by atoms with Crippen LogP contribution in [0.1, 0.15) is 22.3 Å². The number of alkyl halides is 8. The fourth-order valence-corrected chi connectivity index (χ4v) is 3.42. The monoisotopic (exact) mass is 478 g/mol. The lowest BCUT2D eigenvalue weighted by Gasteiger charge is -2.32. The molecule has 0 unspecified atom stereocenters. The largest absolute Gasteiger partial charge is 0.340 e. The molecule has 25 heavy (non-hydrogen) atoms. The van der Waals surface area contributed by atoms with Crippen LogP contribution in [0.4, 0.5) is 35.1 Å². The molecule has 0 saturated carbocycles. The van der Waals surface area contributed by atoms with Gasteiger partial charge in [0.15, 0.2) is 0 Å². The highest BCUT2D eigenvalue weighted by Crippen LogP contribution is 2.54. The summed E-state index contributed by atoms with van der Waals surface area (Å²) < 4.78 is 114. The smallest absolute Gasteiger partial charge is 0.194 e. The van der Waals surface area contributed by atoms with E-state index in [1.807, 2.05) is 0 Å². The van der Waals surface area contributed by atoms with Crippen molar-refractivity contribution in [3.63, 3.8) is 0 Å². The molecule has 4 aliphatic carbocycles. The Labute approximate surface area is 150 Å². The number of hydrogen-bond donors (Lipinski definition) is 0. The van der Waals surface area contributed by atoms with E-state index in [0.29, 0.717) is 42.5 Å². The second-order valence-electron chi connectivity index (χ2n) is 5.57. The summed E-state index contributed by atoms with van der Waals surface area (Å²) in [7, 11) is 0. The molecular formula is C16H7F8I. The van der Waals surface area contributed by atoms with Crippen molar-refractivity contribution in [2.75, 3.05) is 0 Å². The molecular weight excluding hydrogens is 471 g/mol. The third kappa shape index (κ3) is 2.37. The standard InChI is InChI=1S/C16H7F8I/c17-13(18)8-1-3-9(4-2-8)14(19,20)16(23,24)11-6-5-10(7-12(11)25)15(13,21)22/h1-7H. The summed E-state index contributed by atoms with van der Waals surface area (Å²) >= 11 is 1.15. The summed E-state index contributed by atoms with van der Waals surface area (Å²) in [6.07, 6.45) is 0. The van der Waals surface area contributed by atoms with Crippen LogP contribution in [0.25, 0.3) is 0 Å². The predicted octanol–water partition coefficient (Wildman–Crippen LogP) is 6.37. The second-order valence-corrected chi connectivity index (χ2v) is 6.73. The molecule has 134 valence electrons. The summed E-state index contributed by atoms with van der Waals surface area (Å²) in [5.41, 5.74) is -4.96. The van der Waals surface area contributed by atoms with E-state index >= 15 is 0 Å². The van der Waals surface area contributed by atoms with Gasteiger partial charge in [-0.2, -0.15) is 35.1 Å². The van der Waals surface area contributed by atoms with Gasteiger partial charge >= 0.3 is 23.7 Å². The Balaban J connectivity index is 2.41. The van der Waals surface area contributed by atoms with Crippen molar-refractivity contribution in [3.8, 4) is 0 Å². The third-order valence-corrected chi connectivity index (χ3v) is 4.96. The summed E-state index contributed by atoms with van der Waals surface area (Å²) in [4.78, 5) is 0. The Bertz CT molecular complexity index is 827. The summed E-state index contributed by atoms with van der Waals surface area (Å²) in [6, 6.07) is 2.29. The lowest BCUT2D eigenvalue weighted by atomic mass is 9.89. The van der Waals surface area contributed by atoms with E-state index in [2.05, 4.69) is 0 Å². The van der Waals surface area contributed by atoms with E-state index in [-0.39, 0.29) is 0 Å². The molecule has 0 aromatic heterocycles.